The highest BCUT2D eigenvalue weighted by Crippen LogP contribution is 2.04. The van der Waals surface area contributed by atoms with Crippen molar-refractivity contribution in [1.82, 2.24) is 0 Å². The molecule has 0 bridgehead atoms. The summed E-state index contributed by atoms with van der Waals surface area (Å²) in [6.07, 6.45) is 7.13. The molecule has 0 nitrogen and oxygen atoms in total. The van der Waals surface area contributed by atoms with Gasteiger partial charge >= 0.3 is 0 Å². The van der Waals surface area contributed by atoms with Crippen molar-refractivity contribution in [2.75, 3.05) is 0 Å². The maximum Gasteiger partial charge on any atom is 0.00304 e. The first-order valence-electron chi connectivity index (χ1n) is 3.11. The number of hydrogen-bond acceptors (Lipinski definition) is 0. The second kappa shape index (κ2) is 2.40. The molecule has 0 N–H and O–H groups in total. The molecule has 44 valence electrons. The summed E-state index contributed by atoms with van der Waals surface area (Å²) in [5, 5.41) is 1.79. The van der Waals surface area contributed by atoms with E-state index in [1.54, 1.807) is 5.17 Å². The van der Waals surface area contributed by atoms with Crippen LogP contribution in [0, 0.1) is 0 Å². The van der Waals surface area contributed by atoms with E-state index in [2.05, 4.69) is 25.2 Å². The molecule has 0 aromatic carbocycles. The van der Waals surface area contributed by atoms with Crippen molar-refractivity contribution in [1.29, 1.82) is 0 Å². The maximum absolute atomic E-state index is 2.37. The Bertz CT molecular complexity index is 128. The van der Waals surface area contributed by atoms with E-state index >= 15 is 0 Å². The third-order valence-corrected chi connectivity index (χ3v) is 3.42. The first kappa shape index (κ1) is 5.95. The number of hydrogen-bond donors (Lipinski definition) is 0. The van der Waals surface area contributed by atoms with Gasteiger partial charge in [-0.25, -0.2) is 0 Å². The minimum atomic E-state index is -0.0581. The molecule has 1 aliphatic carbocycles. The van der Waals surface area contributed by atoms with E-state index in [1.165, 1.54) is 12.8 Å². The fourth-order valence-corrected chi connectivity index (χ4v) is 1.99. The Hall–Kier alpha value is -0.173. The highest BCUT2D eigenvalue weighted by molar-refractivity contribution is 6.69. The average Bonchev–Trinajstić information content (AvgIpc) is 2.12. The largest absolute Gasteiger partial charge is 0.0846 e. The van der Waals surface area contributed by atoms with Crippen LogP contribution in [0.15, 0.2) is 12.2 Å². The van der Waals surface area contributed by atoms with Crippen molar-refractivity contribution in [2.24, 2.45) is 0 Å². The Morgan fingerprint density at radius 3 is 2.00 bits per heavy atom. The predicted molar refractivity (Wildman–Crippen MR) is 40.9 cm³/mol. The lowest BCUT2D eigenvalue weighted by atomic mass is 10.4. The van der Waals surface area contributed by atoms with Crippen molar-refractivity contribution in [3.05, 3.63) is 12.2 Å². The SMILES string of the molecule is C[Si](C)=C1CC=CC1. The quantitative estimate of drug-likeness (QED) is 0.341. The molecule has 0 fully saturated rings. The van der Waals surface area contributed by atoms with E-state index in [0.717, 1.165) is 0 Å². The van der Waals surface area contributed by atoms with Gasteiger partial charge in [0.25, 0.3) is 0 Å². The number of allylic oxidation sites excluding steroid dienone is 2. The topological polar surface area (TPSA) is 0 Å². The van der Waals surface area contributed by atoms with Crippen LogP contribution in [-0.4, -0.2) is 13.6 Å². The normalized spacial score (nSPS) is 17.5. The minimum Gasteiger partial charge on any atom is -0.0846 e. The van der Waals surface area contributed by atoms with Crippen LogP contribution >= 0.6 is 0 Å². The van der Waals surface area contributed by atoms with Crippen LogP contribution in [-0.2, 0) is 0 Å². The van der Waals surface area contributed by atoms with Crippen molar-refractivity contribution in [3.8, 4) is 0 Å². The summed E-state index contributed by atoms with van der Waals surface area (Å²) < 4.78 is 0. The molecule has 0 saturated heterocycles. The Morgan fingerprint density at radius 1 is 1.25 bits per heavy atom. The van der Waals surface area contributed by atoms with Crippen molar-refractivity contribution >= 4 is 13.6 Å². The lowest BCUT2D eigenvalue weighted by Crippen LogP contribution is -2.03. The maximum atomic E-state index is 2.37. The molecule has 0 aromatic rings. The molecule has 0 heterocycles. The zero-order chi connectivity index (χ0) is 5.98. The van der Waals surface area contributed by atoms with Gasteiger partial charge in [0.15, 0.2) is 0 Å². The molecule has 0 unspecified atom stereocenters. The van der Waals surface area contributed by atoms with Gasteiger partial charge in [0.1, 0.15) is 0 Å². The molecule has 0 atom stereocenters. The highest BCUT2D eigenvalue weighted by Gasteiger charge is 1.99. The van der Waals surface area contributed by atoms with Crippen LogP contribution in [0.1, 0.15) is 12.8 Å². The van der Waals surface area contributed by atoms with Gasteiger partial charge in [-0.05, 0) is 12.8 Å². The highest BCUT2D eigenvalue weighted by atomic mass is 28.2. The number of rotatable bonds is 0. The molecule has 0 aliphatic heterocycles. The first-order chi connectivity index (χ1) is 3.80. The third kappa shape index (κ3) is 1.16. The predicted octanol–water partition coefficient (Wildman–Crippen LogP) is 1.84. The fraction of sp³-hybridized carbons (Fsp3) is 0.571. The van der Waals surface area contributed by atoms with Crippen LogP contribution in [0.5, 0.6) is 0 Å². The minimum absolute atomic E-state index is 0.0581. The van der Waals surface area contributed by atoms with E-state index in [4.69, 9.17) is 0 Å². The van der Waals surface area contributed by atoms with Crippen LogP contribution in [0.2, 0.25) is 13.1 Å². The van der Waals surface area contributed by atoms with Crippen LogP contribution < -0.4 is 0 Å². The van der Waals surface area contributed by atoms with Crippen LogP contribution in [0.25, 0.3) is 0 Å². The van der Waals surface area contributed by atoms with Crippen molar-refractivity contribution in [2.45, 2.75) is 25.9 Å². The van der Waals surface area contributed by atoms with Gasteiger partial charge in [-0.3, -0.25) is 0 Å². The van der Waals surface area contributed by atoms with Gasteiger partial charge in [-0.2, -0.15) is 0 Å². The van der Waals surface area contributed by atoms with E-state index in [9.17, 15) is 0 Å². The summed E-state index contributed by atoms with van der Waals surface area (Å²) in [6, 6.07) is 0. The smallest absolute Gasteiger partial charge is 0.00304 e. The summed E-state index contributed by atoms with van der Waals surface area (Å²) in [6.45, 7) is 4.74. The van der Waals surface area contributed by atoms with E-state index in [-0.39, 0.29) is 8.41 Å². The second-order valence-corrected chi connectivity index (χ2v) is 5.19. The monoisotopic (exact) mass is 124 g/mol. The zero-order valence-electron chi connectivity index (χ0n) is 5.57. The lowest BCUT2D eigenvalue weighted by Gasteiger charge is -1.94. The summed E-state index contributed by atoms with van der Waals surface area (Å²) >= 11 is 0. The molecule has 0 spiro atoms. The molecule has 1 heteroatoms. The molecular formula is C7H12Si. The van der Waals surface area contributed by atoms with Gasteiger partial charge in [0.2, 0.25) is 0 Å². The summed E-state index contributed by atoms with van der Waals surface area (Å²) in [7, 11) is -0.0581. The standard InChI is InChI=1S/C7H12Si/c1-8(2)7-5-3-4-6-7/h3-4H,5-6H2,1-2H3. The first-order valence-corrected chi connectivity index (χ1v) is 5.61. The lowest BCUT2D eigenvalue weighted by molar-refractivity contribution is 1.52. The Morgan fingerprint density at radius 2 is 1.75 bits per heavy atom. The van der Waals surface area contributed by atoms with Gasteiger partial charge in [0, 0.05) is 8.41 Å². The van der Waals surface area contributed by atoms with Gasteiger partial charge in [-0.15, -0.1) is 0 Å². The van der Waals surface area contributed by atoms with Crippen LogP contribution in [0.3, 0.4) is 0 Å². The average molecular weight is 124 g/mol. The van der Waals surface area contributed by atoms with Gasteiger partial charge in [-0.1, -0.05) is 30.4 Å². The summed E-state index contributed by atoms with van der Waals surface area (Å²) in [5.41, 5.74) is 0. The van der Waals surface area contributed by atoms with Gasteiger partial charge < -0.3 is 0 Å². The molecule has 8 heavy (non-hydrogen) atoms. The molecule has 0 aromatic heterocycles. The Kier molecular flexibility index (Phi) is 1.79. The van der Waals surface area contributed by atoms with E-state index < -0.39 is 0 Å². The van der Waals surface area contributed by atoms with Gasteiger partial charge in [0.05, 0.1) is 0 Å². The summed E-state index contributed by atoms with van der Waals surface area (Å²) in [4.78, 5) is 0. The molecule has 1 rings (SSSR count). The molecule has 0 radical (unpaired) electrons. The second-order valence-electron chi connectivity index (χ2n) is 2.48. The molecule has 0 amide bonds. The van der Waals surface area contributed by atoms with Crippen molar-refractivity contribution in [3.63, 3.8) is 0 Å². The van der Waals surface area contributed by atoms with Crippen molar-refractivity contribution < 1.29 is 0 Å². The zero-order valence-corrected chi connectivity index (χ0v) is 6.57. The Labute approximate surface area is 52.5 Å². The fourth-order valence-electron chi connectivity index (χ4n) is 0.943. The van der Waals surface area contributed by atoms with Crippen LogP contribution in [0.4, 0.5) is 0 Å². The van der Waals surface area contributed by atoms with E-state index in [1.807, 2.05) is 0 Å². The molecule has 1 aliphatic rings. The third-order valence-electron chi connectivity index (χ3n) is 1.60. The molecule has 0 saturated carbocycles. The molecular weight excluding hydrogens is 112 g/mol. The van der Waals surface area contributed by atoms with E-state index in [0.29, 0.717) is 0 Å². The summed E-state index contributed by atoms with van der Waals surface area (Å²) in [5.74, 6) is 0. The Balaban J connectivity index is 2.64.